The van der Waals surface area contributed by atoms with Gasteiger partial charge in [-0.3, -0.25) is 19.2 Å². The number of carbonyl (C=O) groups is 4. The lowest BCUT2D eigenvalue weighted by Crippen LogP contribution is -2.50. The van der Waals surface area contributed by atoms with Gasteiger partial charge in [-0.15, -0.1) is 0 Å². The van der Waals surface area contributed by atoms with E-state index in [0.717, 1.165) is 12.1 Å². The maximum Gasteiger partial charge on any atom is 0.416 e. The van der Waals surface area contributed by atoms with Crippen molar-refractivity contribution < 1.29 is 46.9 Å². The van der Waals surface area contributed by atoms with Crippen molar-refractivity contribution in [2.75, 3.05) is 6.61 Å². The van der Waals surface area contributed by atoms with E-state index in [9.17, 15) is 37.5 Å². The van der Waals surface area contributed by atoms with Gasteiger partial charge in [0.15, 0.2) is 0 Å². The molecule has 0 spiro atoms. The first-order valence-corrected chi connectivity index (χ1v) is 15.1. The normalized spacial score (nSPS) is 18.5. The second-order valence-corrected chi connectivity index (χ2v) is 11.5. The third-order valence-electron chi connectivity index (χ3n) is 8.38. The number of hydrogen-bond acceptors (Lipinski definition) is 6. The van der Waals surface area contributed by atoms with Crippen LogP contribution in [0.5, 0.6) is 0 Å². The fraction of sp³-hybridized carbons (Fsp3) is 0.371. The molecule has 0 heterocycles. The van der Waals surface area contributed by atoms with Crippen molar-refractivity contribution in [3.8, 4) is 11.1 Å². The molecule has 0 aliphatic heterocycles. The Kier molecular flexibility index (Phi) is 10.9. The Morgan fingerprint density at radius 2 is 1.48 bits per heavy atom. The van der Waals surface area contributed by atoms with E-state index in [1.807, 2.05) is 0 Å². The summed E-state index contributed by atoms with van der Waals surface area (Å²) in [5, 5.41) is 13.2. The zero-order valence-corrected chi connectivity index (χ0v) is 25.5. The molecule has 8 nitrogen and oxygen atoms in total. The van der Waals surface area contributed by atoms with E-state index in [4.69, 9.17) is 9.47 Å². The van der Waals surface area contributed by atoms with Crippen molar-refractivity contribution in [1.29, 1.82) is 0 Å². The summed E-state index contributed by atoms with van der Waals surface area (Å²) in [5.41, 5.74) is -1.64. The quantitative estimate of drug-likeness (QED) is 0.180. The highest BCUT2D eigenvalue weighted by Gasteiger charge is 2.52. The average molecular weight is 640 g/mol. The van der Waals surface area contributed by atoms with Gasteiger partial charge >= 0.3 is 24.1 Å². The van der Waals surface area contributed by atoms with Gasteiger partial charge < -0.3 is 19.9 Å². The van der Waals surface area contributed by atoms with Crippen molar-refractivity contribution in [3.63, 3.8) is 0 Å². The summed E-state index contributed by atoms with van der Waals surface area (Å²) in [7, 11) is 0. The zero-order chi connectivity index (χ0) is 33.5. The van der Waals surface area contributed by atoms with Gasteiger partial charge in [0, 0.05) is 11.6 Å². The van der Waals surface area contributed by atoms with Crippen LogP contribution in [0.1, 0.15) is 67.4 Å². The molecule has 0 bridgehead atoms. The maximum atomic E-state index is 13.2. The number of hydrogen-bond donors (Lipinski definition) is 2. The number of nitrogens with one attached hydrogen (secondary N) is 1. The summed E-state index contributed by atoms with van der Waals surface area (Å²) in [5.74, 6) is -4.12. The predicted molar refractivity (Wildman–Crippen MR) is 163 cm³/mol. The molecule has 2 atom stereocenters. The van der Waals surface area contributed by atoms with Gasteiger partial charge in [0.1, 0.15) is 6.61 Å². The van der Waals surface area contributed by atoms with E-state index in [2.05, 4.69) is 5.32 Å². The molecule has 1 amide bonds. The number of halogens is 3. The third-order valence-corrected chi connectivity index (χ3v) is 8.38. The fourth-order valence-electron chi connectivity index (χ4n) is 5.43. The van der Waals surface area contributed by atoms with Crippen molar-refractivity contribution in [2.24, 2.45) is 5.92 Å². The van der Waals surface area contributed by atoms with Gasteiger partial charge in [-0.1, -0.05) is 67.6 Å². The molecule has 11 heteroatoms. The van der Waals surface area contributed by atoms with Crippen LogP contribution >= 0.6 is 0 Å². The monoisotopic (exact) mass is 639 g/mol. The van der Waals surface area contributed by atoms with E-state index >= 15 is 0 Å². The summed E-state index contributed by atoms with van der Waals surface area (Å²) in [6.45, 7) is 2.70. The molecule has 1 fully saturated rings. The molecule has 1 aliphatic carbocycles. The highest BCUT2D eigenvalue weighted by Crippen LogP contribution is 2.33. The van der Waals surface area contributed by atoms with Crippen LogP contribution in [-0.4, -0.2) is 47.7 Å². The van der Waals surface area contributed by atoms with Gasteiger partial charge in [-0.05, 0) is 73.9 Å². The molecule has 2 N–H and O–H groups in total. The SMILES string of the molecule is CCC(C)OC(=O)C(COC(=O)C1CCC(NC(=O)c2ccccc2-c2ccc(C(F)(F)F)cc2)CC1)(C(=O)O)c1ccccc1. The highest BCUT2D eigenvalue weighted by molar-refractivity contribution is 6.06. The topological polar surface area (TPSA) is 119 Å². The van der Waals surface area contributed by atoms with E-state index in [-0.39, 0.29) is 11.6 Å². The zero-order valence-electron chi connectivity index (χ0n) is 25.5. The van der Waals surface area contributed by atoms with E-state index < -0.39 is 59.6 Å². The van der Waals surface area contributed by atoms with Gasteiger partial charge in [-0.25, -0.2) is 0 Å². The third kappa shape index (κ3) is 7.75. The smallest absolute Gasteiger partial charge is 0.416 e. The minimum atomic E-state index is -4.47. The fourth-order valence-corrected chi connectivity index (χ4v) is 5.43. The Hall–Kier alpha value is -4.67. The Bertz CT molecular complexity index is 1530. The van der Waals surface area contributed by atoms with E-state index in [0.29, 0.717) is 48.8 Å². The number of amides is 1. The van der Waals surface area contributed by atoms with Crippen LogP contribution in [0.3, 0.4) is 0 Å². The molecular formula is C35H36F3NO7. The van der Waals surface area contributed by atoms with Crippen molar-refractivity contribution in [2.45, 2.75) is 69.7 Å². The number of ether oxygens (including phenoxy) is 2. The summed E-state index contributed by atoms with van der Waals surface area (Å²) in [4.78, 5) is 52.1. The summed E-state index contributed by atoms with van der Waals surface area (Å²) in [6, 6.07) is 18.7. The van der Waals surface area contributed by atoms with Crippen LogP contribution in [0.2, 0.25) is 0 Å². The summed E-state index contributed by atoms with van der Waals surface area (Å²) >= 11 is 0. The molecular weight excluding hydrogens is 603 g/mol. The Labute approximate surface area is 264 Å². The average Bonchev–Trinajstić information content (AvgIpc) is 3.05. The van der Waals surface area contributed by atoms with Gasteiger partial charge in [-0.2, -0.15) is 13.2 Å². The number of rotatable bonds is 11. The molecule has 46 heavy (non-hydrogen) atoms. The lowest BCUT2D eigenvalue weighted by molar-refractivity contribution is -0.171. The first-order chi connectivity index (χ1) is 21.9. The summed E-state index contributed by atoms with van der Waals surface area (Å²) in [6.07, 6.45) is -2.96. The molecule has 0 radical (unpaired) electrons. The first kappa shape index (κ1) is 34.2. The molecule has 3 aromatic carbocycles. The van der Waals surface area contributed by atoms with Crippen LogP contribution in [-0.2, 0) is 35.4 Å². The molecule has 0 aromatic heterocycles. The van der Waals surface area contributed by atoms with Crippen molar-refractivity contribution >= 4 is 23.8 Å². The Morgan fingerprint density at radius 3 is 2.07 bits per heavy atom. The number of carboxylic acid groups (broad SMARTS) is 1. The number of aliphatic carboxylic acids is 1. The van der Waals surface area contributed by atoms with Crippen molar-refractivity contribution in [3.05, 3.63) is 95.6 Å². The van der Waals surface area contributed by atoms with Crippen molar-refractivity contribution in [1.82, 2.24) is 5.32 Å². The van der Waals surface area contributed by atoms with Crippen LogP contribution < -0.4 is 5.32 Å². The largest absolute Gasteiger partial charge is 0.480 e. The van der Waals surface area contributed by atoms with Gasteiger partial charge in [0.05, 0.1) is 17.6 Å². The Morgan fingerprint density at radius 1 is 0.870 bits per heavy atom. The molecule has 3 aromatic rings. The standard InChI is InChI=1S/C35H36F3NO7/c1-3-22(2)46-33(44)34(32(42)43,25-9-5-4-6-10-25)21-45-31(41)24-15-19-27(20-16-24)39-30(40)29-12-8-7-11-28(29)23-13-17-26(18-14-23)35(36,37)38/h4-14,17-18,22,24,27H,3,15-16,19-21H2,1-2H3,(H,39,40)(H,42,43). The second kappa shape index (κ2) is 14.6. The molecule has 2 unspecified atom stereocenters. The lowest BCUT2D eigenvalue weighted by Gasteiger charge is -2.31. The first-order valence-electron chi connectivity index (χ1n) is 15.1. The van der Waals surface area contributed by atoms with E-state index in [1.165, 1.54) is 24.3 Å². The maximum absolute atomic E-state index is 13.2. The lowest BCUT2D eigenvalue weighted by atomic mass is 9.81. The van der Waals surface area contributed by atoms with Gasteiger partial charge in [0.25, 0.3) is 5.91 Å². The number of esters is 2. The number of benzene rings is 3. The minimum absolute atomic E-state index is 0.131. The van der Waals surface area contributed by atoms with Crippen LogP contribution in [0.4, 0.5) is 13.2 Å². The Balaban J connectivity index is 1.39. The number of carbonyl (C=O) groups excluding carboxylic acids is 3. The molecule has 0 saturated heterocycles. The number of alkyl halides is 3. The van der Waals surface area contributed by atoms with Crippen LogP contribution in [0, 0.1) is 5.92 Å². The van der Waals surface area contributed by atoms with E-state index in [1.54, 1.807) is 56.3 Å². The van der Waals surface area contributed by atoms with Crippen LogP contribution in [0.15, 0.2) is 78.9 Å². The predicted octanol–water partition coefficient (Wildman–Crippen LogP) is 6.57. The molecule has 1 aliphatic rings. The molecule has 244 valence electrons. The highest BCUT2D eigenvalue weighted by atomic mass is 19.4. The number of carboxylic acids is 1. The molecule has 4 rings (SSSR count). The minimum Gasteiger partial charge on any atom is -0.480 e. The van der Waals surface area contributed by atoms with Crippen LogP contribution in [0.25, 0.3) is 11.1 Å². The second-order valence-electron chi connectivity index (χ2n) is 11.5. The van der Waals surface area contributed by atoms with Gasteiger partial charge in [0.2, 0.25) is 5.41 Å². The molecule has 1 saturated carbocycles. The summed E-state index contributed by atoms with van der Waals surface area (Å²) < 4.78 is 50.0.